The van der Waals surface area contributed by atoms with Crippen LogP contribution >= 0.6 is 0 Å². The second kappa shape index (κ2) is 8.19. The summed E-state index contributed by atoms with van der Waals surface area (Å²) in [5, 5.41) is 0. The number of H-pyrrole nitrogens is 1. The number of rotatable bonds is 4. The Morgan fingerprint density at radius 1 is 1.12 bits per heavy atom. The van der Waals surface area contributed by atoms with Crippen molar-refractivity contribution in [1.29, 1.82) is 0 Å². The van der Waals surface area contributed by atoms with Gasteiger partial charge < -0.3 is 19.2 Å². The van der Waals surface area contributed by atoms with E-state index >= 15 is 0 Å². The molecule has 0 bridgehead atoms. The molecule has 1 aliphatic rings. The van der Waals surface area contributed by atoms with Crippen molar-refractivity contribution in [2.45, 2.75) is 32.6 Å². The van der Waals surface area contributed by atoms with E-state index in [2.05, 4.69) is 9.55 Å². The summed E-state index contributed by atoms with van der Waals surface area (Å²) in [4.78, 5) is 23.8. The van der Waals surface area contributed by atoms with Crippen molar-refractivity contribution in [2.24, 2.45) is 0 Å². The van der Waals surface area contributed by atoms with E-state index in [0.29, 0.717) is 6.54 Å². The lowest BCUT2D eigenvalue weighted by molar-refractivity contribution is 0.0704. The lowest BCUT2D eigenvalue weighted by Crippen LogP contribution is -2.39. The van der Waals surface area contributed by atoms with Crippen molar-refractivity contribution in [3.63, 3.8) is 0 Å². The predicted molar refractivity (Wildman–Crippen MR) is 126 cm³/mol. The van der Waals surface area contributed by atoms with Gasteiger partial charge in [-0.3, -0.25) is 4.79 Å². The zero-order valence-corrected chi connectivity index (χ0v) is 18.8. The number of carbonyl (C=O) groups is 1. The van der Waals surface area contributed by atoms with E-state index in [-0.39, 0.29) is 11.8 Å². The first-order valence-corrected chi connectivity index (χ1v) is 11.1. The second-order valence-electron chi connectivity index (χ2n) is 8.55. The largest absolute Gasteiger partial charge is 0.497 e. The topological polar surface area (TPSA) is 63.1 Å². The monoisotopic (exact) mass is 428 g/mol. The summed E-state index contributed by atoms with van der Waals surface area (Å²) < 4.78 is 7.41. The molecule has 32 heavy (non-hydrogen) atoms. The molecule has 3 heterocycles. The van der Waals surface area contributed by atoms with Crippen LogP contribution < -0.4 is 4.74 Å². The van der Waals surface area contributed by atoms with Gasteiger partial charge in [-0.05, 0) is 69.2 Å². The minimum atomic E-state index is 0.0960. The molecular formula is C26H28N4O2. The Balaban J connectivity index is 1.40. The average molecular weight is 429 g/mol. The van der Waals surface area contributed by atoms with Crippen molar-refractivity contribution >= 4 is 16.9 Å². The van der Waals surface area contributed by atoms with Gasteiger partial charge >= 0.3 is 0 Å². The van der Waals surface area contributed by atoms with Crippen molar-refractivity contribution < 1.29 is 9.53 Å². The molecule has 6 nitrogen and oxygen atoms in total. The molecule has 2 aromatic heterocycles. The highest BCUT2D eigenvalue weighted by atomic mass is 16.5. The zero-order chi connectivity index (χ0) is 22.2. The molecule has 4 aromatic rings. The fourth-order valence-electron chi connectivity index (χ4n) is 4.83. The van der Waals surface area contributed by atoms with Crippen LogP contribution in [0, 0.1) is 13.8 Å². The van der Waals surface area contributed by atoms with E-state index < -0.39 is 0 Å². The Hall–Kier alpha value is -3.54. The lowest BCUT2D eigenvalue weighted by atomic mass is 9.96. The van der Waals surface area contributed by atoms with Crippen LogP contribution in [0.15, 0.2) is 54.6 Å². The van der Waals surface area contributed by atoms with Gasteiger partial charge in [0.15, 0.2) is 0 Å². The smallest absolute Gasteiger partial charge is 0.255 e. The van der Waals surface area contributed by atoms with E-state index in [9.17, 15) is 4.79 Å². The number of carbonyl (C=O) groups excluding carboxylic acids is 1. The SMILES string of the molecule is COc1ccc(-n2c(C)cc(C(=O)N3CCCC(c4nc5ccccc5[nH]4)C3)c2C)cc1. The zero-order valence-electron chi connectivity index (χ0n) is 18.8. The lowest BCUT2D eigenvalue weighted by Gasteiger charge is -2.32. The summed E-state index contributed by atoms with van der Waals surface area (Å²) in [6.07, 6.45) is 2.01. The molecule has 0 saturated carbocycles. The van der Waals surface area contributed by atoms with Crippen molar-refractivity contribution in [1.82, 2.24) is 19.4 Å². The molecule has 0 spiro atoms. The number of amides is 1. The maximum atomic E-state index is 13.5. The Bertz CT molecular complexity index is 1240. The number of hydrogen-bond acceptors (Lipinski definition) is 3. The molecule has 1 unspecified atom stereocenters. The number of methoxy groups -OCH3 is 1. The highest BCUT2D eigenvalue weighted by molar-refractivity contribution is 5.96. The normalized spacial score (nSPS) is 16.5. The van der Waals surface area contributed by atoms with Gasteiger partial charge in [0.25, 0.3) is 5.91 Å². The molecule has 1 N–H and O–H groups in total. The van der Waals surface area contributed by atoms with Crippen LogP contribution in [-0.4, -0.2) is 45.5 Å². The molecular weight excluding hydrogens is 400 g/mol. The predicted octanol–water partition coefficient (Wildman–Crippen LogP) is 5.00. The summed E-state index contributed by atoms with van der Waals surface area (Å²) >= 11 is 0. The summed E-state index contributed by atoms with van der Waals surface area (Å²) in [6.45, 7) is 5.53. The quantitative estimate of drug-likeness (QED) is 0.498. The Morgan fingerprint density at radius 2 is 1.91 bits per heavy atom. The van der Waals surface area contributed by atoms with Crippen molar-refractivity contribution in [3.8, 4) is 11.4 Å². The Kier molecular flexibility index (Phi) is 5.21. The number of para-hydroxylation sites is 2. The number of piperidine rings is 1. The van der Waals surface area contributed by atoms with Gasteiger partial charge in [0, 0.05) is 36.1 Å². The third-order valence-electron chi connectivity index (χ3n) is 6.50. The molecule has 164 valence electrons. The third kappa shape index (κ3) is 3.55. The van der Waals surface area contributed by atoms with Crippen LogP contribution in [0.5, 0.6) is 5.75 Å². The second-order valence-corrected chi connectivity index (χ2v) is 8.55. The van der Waals surface area contributed by atoms with Crippen LogP contribution in [0.25, 0.3) is 16.7 Å². The van der Waals surface area contributed by atoms with Crippen LogP contribution in [-0.2, 0) is 0 Å². The number of nitrogens with zero attached hydrogens (tertiary/aromatic N) is 3. The minimum absolute atomic E-state index is 0.0960. The van der Waals surface area contributed by atoms with Crippen LogP contribution in [0.2, 0.25) is 0 Å². The molecule has 1 amide bonds. The van der Waals surface area contributed by atoms with Gasteiger partial charge in [0.1, 0.15) is 11.6 Å². The van der Waals surface area contributed by atoms with Gasteiger partial charge in [0.2, 0.25) is 0 Å². The Morgan fingerprint density at radius 3 is 2.66 bits per heavy atom. The highest BCUT2D eigenvalue weighted by Gasteiger charge is 2.29. The number of fused-ring (bicyclic) bond motifs is 1. The number of nitrogens with one attached hydrogen (secondary N) is 1. The molecule has 1 aliphatic heterocycles. The first-order chi connectivity index (χ1) is 15.5. The van der Waals surface area contributed by atoms with Crippen molar-refractivity contribution in [2.75, 3.05) is 20.2 Å². The molecule has 1 atom stereocenters. The Labute approximate surface area is 187 Å². The summed E-state index contributed by atoms with van der Waals surface area (Å²) in [5.74, 6) is 2.12. The number of ether oxygens (including phenoxy) is 1. The number of aromatic amines is 1. The van der Waals surface area contributed by atoms with Crippen LogP contribution in [0.3, 0.4) is 0 Å². The molecule has 0 aliphatic carbocycles. The number of benzene rings is 2. The molecule has 5 rings (SSSR count). The average Bonchev–Trinajstić information content (AvgIpc) is 3.39. The number of imidazole rings is 1. The number of aryl methyl sites for hydroxylation is 1. The van der Waals surface area contributed by atoms with E-state index in [1.54, 1.807) is 7.11 Å². The third-order valence-corrected chi connectivity index (χ3v) is 6.50. The molecule has 0 radical (unpaired) electrons. The van der Waals surface area contributed by atoms with E-state index in [1.807, 2.05) is 73.3 Å². The summed E-state index contributed by atoms with van der Waals surface area (Å²) in [5.41, 5.74) is 5.83. The molecule has 2 aromatic carbocycles. The van der Waals surface area contributed by atoms with Crippen molar-refractivity contribution in [3.05, 3.63) is 77.4 Å². The number of hydrogen-bond donors (Lipinski definition) is 1. The van der Waals surface area contributed by atoms with Gasteiger partial charge in [-0.15, -0.1) is 0 Å². The minimum Gasteiger partial charge on any atom is -0.497 e. The highest BCUT2D eigenvalue weighted by Crippen LogP contribution is 2.29. The van der Waals surface area contributed by atoms with E-state index in [0.717, 1.165) is 64.6 Å². The maximum Gasteiger partial charge on any atom is 0.255 e. The fraction of sp³-hybridized carbons (Fsp3) is 0.308. The molecule has 1 saturated heterocycles. The molecule has 6 heteroatoms. The first-order valence-electron chi connectivity index (χ1n) is 11.1. The number of likely N-dealkylation sites (tertiary alicyclic amines) is 1. The van der Waals surface area contributed by atoms with Crippen LogP contribution in [0.4, 0.5) is 0 Å². The first kappa shape index (κ1) is 20.4. The maximum absolute atomic E-state index is 13.5. The number of aromatic nitrogens is 3. The fourth-order valence-corrected chi connectivity index (χ4v) is 4.83. The van der Waals surface area contributed by atoms with Crippen LogP contribution in [0.1, 0.15) is 46.3 Å². The standard InChI is InChI=1S/C26H28N4O2/c1-17-15-22(18(2)30(17)20-10-12-21(32-3)13-11-20)26(31)29-14-6-7-19(16-29)25-27-23-8-4-5-9-24(23)28-25/h4-5,8-13,15,19H,6-7,14,16H2,1-3H3,(H,27,28). The van der Waals surface area contributed by atoms with Gasteiger partial charge in [0.05, 0.1) is 23.7 Å². The van der Waals surface area contributed by atoms with Gasteiger partial charge in [-0.1, -0.05) is 12.1 Å². The van der Waals surface area contributed by atoms with Gasteiger partial charge in [-0.2, -0.15) is 0 Å². The summed E-state index contributed by atoms with van der Waals surface area (Å²) in [6, 6.07) is 18.0. The summed E-state index contributed by atoms with van der Waals surface area (Å²) in [7, 11) is 1.66. The van der Waals surface area contributed by atoms with E-state index in [4.69, 9.17) is 9.72 Å². The van der Waals surface area contributed by atoms with E-state index in [1.165, 1.54) is 0 Å². The molecule has 1 fully saturated rings. The van der Waals surface area contributed by atoms with Gasteiger partial charge in [-0.25, -0.2) is 4.98 Å².